The van der Waals surface area contributed by atoms with Gasteiger partial charge in [0.2, 0.25) is 10.0 Å². The number of halogens is 1. The number of hydrogen-bond acceptors (Lipinski definition) is 6. The molecule has 0 aromatic heterocycles. The lowest BCUT2D eigenvalue weighted by Gasteiger charge is -2.14. The molecule has 0 saturated carbocycles. The molecule has 0 aliphatic rings. The SMILES string of the molecule is C[C@H](OC(=O)CCNS(=O)(=O)c1ccc(F)cc1)C(=O)Nc1ccccc1C#N. The number of amides is 1. The molecule has 0 heterocycles. The van der Waals surface area contributed by atoms with Gasteiger partial charge in [0.15, 0.2) is 6.10 Å². The Balaban J connectivity index is 1.83. The first-order valence-corrected chi connectivity index (χ1v) is 9.96. The summed E-state index contributed by atoms with van der Waals surface area (Å²) >= 11 is 0. The molecule has 0 saturated heterocycles. The first-order valence-electron chi connectivity index (χ1n) is 8.47. The Kier molecular flexibility index (Phi) is 7.41. The molecule has 2 aromatic rings. The summed E-state index contributed by atoms with van der Waals surface area (Å²) in [6.07, 6.45) is -1.46. The predicted octanol–water partition coefficient (Wildman–Crippen LogP) is 1.94. The maximum absolute atomic E-state index is 12.9. The first-order chi connectivity index (χ1) is 13.7. The van der Waals surface area contributed by atoms with E-state index in [-0.39, 0.29) is 29.1 Å². The Labute approximate surface area is 167 Å². The number of para-hydroxylation sites is 1. The standard InChI is InChI=1S/C19H18FN3O5S/c1-13(19(25)23-17-5-3-2-4-14(17)12-21)28-18(24)10-11-22-29(26,27)16-8-6-15(20)7-9-16/h2-9,13,22H,10-11H2,1H3,(H,23,25)/t13-/m0/s1. The van der Waals surface area contributed by atoms with Crippen LogP contribution in [0, 0.1) is 17.1 Å². The van der Waals surface area contributed by atoms with Gasteiger partial charge in [0.05, 0.1) is 22.6 Å². The summed E-state index contributed by atoms with van der Waals surface area (Å²) in [4.78, 5) is 23.8. The van der Waals surface area contributed by atoms with Crippen molar-refractivity contribution in [1.29, 1.82) is 5.26 Å². The Hall–Kier alpha value is -3.29. The van der Waals surface area contributed by atoms with Crippen molar-refractivity contribution >= 4 is 27.6 Å². The van der Waals surface area contributed by atoms with Crippen LogP contribution in [0.15, 0.2) is 53.4 Å². The van der Waals surface area contributed by atoms with Gasteiger partial charge in [-0.15, -0.1) is 0 Å². The Bertz CT molecular complexity index is 1030. The van der Waals surface area contributed by atoms with E-state index in [1.165, 1.54) is 19.1 Å². The quantitative estimate of drug-likeness (QED) is 0.630. The number of carbonyl (C=O) groups is 2. The summed E-state index contributed by atoms with van der Waals surface area (Å²) in [5.41, 5.74) is 0.546. The van der Waals surface area contributed by atoms with Gasteiger partial charge in [-0.25, -0.2) is 17.5 Å². The summed E-state index contributed by atoms with van der Waals surface area (Å²) < 4.78 is 44.1. The number of anilines is 1. The van der Waals surface area contributed by atoms with Crippen LogP contribution in [0.2, 0.25) is 0 Å². The topological polar surface area (TPSA) is 125 Å². The van der Waals surface area contributed by atoms with E-state index in [0.29, 0.717) is 0 Å². The minimum atomic E-state index is -3.90. The van der Waals surface area contributed by atoms with E-state index in [2.05, 4.69) is 10.0 Å². The Morgan fingerprint density at radius 1 is 1.17 bits per heavy atom. The molecule has 0 spiro atoms. The molecule has 0 aliphatic carbocycles. The fraction of sp³-hybridized carbons (Fsp3) is 0.211. The third-order valence-corrected chi connectivity index (χ3v) is 5.20. The lowest BCUT2D eigenvalue weighted by atomic mass is 10.2. The highest BCUT2D eigenvalue weighted by atomic mass is 32.2. The number of nitriles is 1. The van der Waals surface area contributed by atoms with Gasteiger partial charge in [0, 0.05) is 6.54 Å². The zero-order chi connectivity index (χ0) is 21.4. The van der Waals surface area contributed by atoms with Crippen molar-refractivity contribution in [1.82, 2.24) is 4.72 Å². The number of esters is 1. The molecule has 152 valence electrons. The normalized spacial score (nSPS) is 11.9. The molecule has 0 bridgehead atoms. The number of rotatable bonds is 8. The molecule has 10 heteroatoms. The van der Waals surface area contributed by atoms with Gasteiger partial charge in [-0.1, -0.05) is 12.1 Å². The van der Waals surface area contributed by atoms with E-state index in [4.69, 9.17) is 10.00 Å². The summed E-state index contributed by atoms with van der Waals surface area (Å²) in [6, 6.07) is 12.5. The van der Waals surface area contributed by atoms with Crippen molar-refractivity contribution in [3.05, 3.63) is 59.9 Å². The molecule has 0 radical (unpaired) electrons. The average Bonchev–Trinajstić information content (AvgIpc) is 2.68. The van der Waals surface area contributed by atoms with E-state index >= 15 is 0 Å². The van der Waals surface area contributed by atoms with Crippen molar-refractivity contribution in [2.24, 2.45) is 0 Å². The lowest BCUT2D eigenvalue weighted by Crippen LogP contribution is -2.32. The van der Waals surface area contributed by atoms with Crippen molar-refractivity contribution in [2.45, 2.75) is 24.3 Å². The van der Waals surface area contributed by atoms with E-state index in [1.54, 1.807) is 12.1 Å². The van der Waals surface area contributed by atoms with E-state index in [1.807, 2.05) is 6.07 Å². The molecule has 0 aliphatic heterocycles. The van der Waals surface area contributed by atoms with Crippen LogP contribution in [-0.4, -0.2) is 32.9 Å². The van der Waals surface area contributed by atoms with Crippen LogP contribution in [0.25, 0.3) is 0 Å². The number of nitrogens with one attached hydrogen (secondary N) is 2. The van der Waals surface area contributed by atoms with Crippen LogP contribution in [-0.2, 0) is 24.3 Å². The van der Waals surface area contributed by atoms with Crippen molar-refractivity contribution < 1.29 is 27.1 Å². The monoisotopic (exact) mass is 419 g/mol. The van der Waals surface area contributed by atoms with E-state index in [0.717, 1.165) is 24.3 Å². The highest BCUT2D eigenvalue weighted by Gasteiger charge is 2.20. The summed E-state index contributed by atoms with van der Waals surface area (Å²) in [7, 11) is -3.90. The molecular weight excluding hydrogens is 401 g/mol. The van der Waals surface area contributed by atoms with Crippen LogP contribution in [0.1, 0.15) is 18.9 Å². The highest BCUT2D eigenvalue weighted by Crippen LogP contribution is 2.14. The van der Waals surface area contributed by atoms with Crippen LogP contribution in [0.5, 0.6) is 0 Å². The molecule has 0 unspecified atom stereocenters. The zero-order valence-electron chi connectivity index (χ0n) is 15.4. The second-order valence-corrected chi connectivity index (χ2v) is 7.65. The molecular formula is C19H18FN3O5S. The number of benzene rings is 2. The van der Waals surface area contributed by atoms with Gasteiger partial charge in [-0.3, -0.25) is 9.59 Å². The Morgan fingerprint density at radius 2 is 1.83 bits per heavy atom. The summed E-state index contributed by atoms with van der Waals surface area (Å²) in [6.45, 7) is 1.09. The van der Waals surface area contributed by atoms with Gasteiger partial charge in [0.1, 0.15) is 11.9 Å². The van der Waals surface area contributed by atoms with Gasteiger partial charge in [0.25, 0.3) is 5.91 Å². The van der Waals surface area contributed by atoms with E-state index in [9.17, 15) is 22.4 Å². The molecule has 8 nitrogen and oxygen atoms in total. The molecule has 0 fully saturated rings. The van der Waals surface area contributed by atoms with Crippen LogP contribution in [0.3, 0.4) is 0 Å². The molecule has 2 aromatic carbocycles. The molecule has 1 amide bonds. The number of ether oxygens (including phenoxy) is 1. The first kappa shape index (κ1) is 22.0. The highest BCUT2D eigenvalue weighted by molar-refractivity contribution is 7.89. The van der Waals surface area contributed by atoms with E-state index < -0.39 is 33.8 Å². The van der Waals surface area contributed by atoms with Gasteiger partial charge >= 0.3 is 5.97 Å². The third kappa shape index (κ3) is 6.38. The average molecular weight is 419 g/mol. The fourth-order valence-corrected chi connectivity index (χ4v) is 3.25. The molecule has 2 rings (SSSR count). The predicted molar refractivity (Wildman–Crippen MR) is 102 cm³/mol. The minimum Gasteiger partial charge on any atom is -0.452 e. The smallest absolute Gasteiger partial charge is 0.307 e. The van der Waals surface area contributed by atoms with Crippen LogP contribution in [0.4, 0.5) is 10.1 Å². The molecule has 29 heavy (non-hydrogen) atoms. The third-order valence-electron chi connectivity index (χ3n) is 3.73. The second-order valence-electron chi connectivity index (χ2n) is 5.88. The largest absolute Gasteiger partial charge is 0.452 e. The van der Waals surface area contributed by atoms with Crippen molar-refractivity contribution in [2.75, 3.05) is 11.9 Å². The number of carbonyl (C=O) groups excluding carboxylic acids is 2. The minimum absolute atomic E-state index is 0.142. The van der Waals surface area contributed by atoms with Gasteiger partial charge < -0.3 is 10.1 Å². The number of nitrogens with zero attached hydrogens (tertiary/aromatic N) is 1. The van der Waals surface area contributed by atoms with Crippen molar-refractivity contribution in [3.8, 4) is 6.07 Å². The number of hydrogen-bond donors (Lipinski definition) is 2. The lowest BCUT2D eigenvalue weighted by molar-refractivity contribution is -0.152. The fourth-order valence-electron chi connectivity index (χ4n) is 2.22. The summed E-state index contributed by atoms with van der Waals surface area (Å²) in [5.74, 6) is -1.99. The van der Waals surface area contributed by atoms with Gasteiger partial charge in [-0.05, 0) is 43.3 Å². The number of sulfonamides is 1. The molecule has 1 atom stereocenters. The van der Waals surface area contributed by atoms with Crippen molar-refractivity contribution in [3.63, 3.8) is 0 Å². The maximum Gasteiger partial charge on any atom is 0.307 e. The second kappa shape index (κ2) is 9.77. The van der Waals surface area contributed by atoms with Gasteiger partial charge in [-0.2, -0.15) is 5.26 Å². The summed E-state index contributed by atoms with van der Waals surface area (Å²) in [5, 5.41) is 11.5. The Morgan fingerprint density at radius 3 is 2.48 bits per heavy atom. The maximum atomic E-state index is 12.9. The van der Waals surface area contributed by atoms with Crippen LogP contribution < -0.4 is 10.0 Å². The van der Waals surface area contributed by atoms with Crippen LogP contribution >= 0.6 is 0 Å². The molecule has 2 N–H and O–H groups in total. The zero-order valence-corrected chi connectivity index (χ0v) is 16.2.